The van der Waals surface area contributed by atoms with Crippen LogP contribution in [0.4, 0.5) is 0 Å². The standard InChI is InChI=1S/C22H15ClO4/c23-13-7-9-16-14(10-13)20(25)22-21(26-16)19-15(11-24)18(19)17(27-22)8-6-12-4-2-1-3-5-12/h1-11,15,17-19H/b8-6+. The van der Waals surface area contributed by atoms with E-state index in [1.165, 1.54) is 0 Å². The first-order chi connectivity index (χ1) is 13.2. The minimum absolute atomic E-state index is 0.0112. The minimum Gasteiger partial charge on any atom is -0.479 e. The summed E-state index contributed by atoms with van der Waals surface area (Å²) in [4.78, 5) is 24.5. The number of carbonyl (C=O) groups is 1. The van der Waals surface area contributed by atoms with E-state index in [1.54, 1.807) is 18.2 Å². The number of rotatable bonds is 3. The van der Waals surface area contributed by atoms with Crippen molar-refractivity contribution in [1.82, 2.24) is 0 Å². The molecule has 3 aromatic rings. The molecule has 4 unspecified atom stereocenters. The van der Waals surface area contributed by atoms with E-state index in [1.807, 2.05) is 42.5 Å². The largest absolute Gasteiger partial charge is 0.479 e. The Morgan fingerprint density at radius 3 is 2.67 bits per heavy atom. The molecule has 1 aromatic heterocycles. The number of carbonyl (C=O) groups excluding carboxylic acids is 1. The third-order valence-corrected chi connectivity index (χ3v) is 5.58. The molecule has 0 saturated heterocycles. The van der Waals surface area contributed by atoms with Gasteiger partial charge in [-0.15, -0.1) is 0 Å². The highest BCUT2D eigenvalue weighted by molar-refractivity contribution is 6.31. The molecule has 27 heavy (non-hydrogen) atoms. The fourth-order valence-corrected chi connectivity index (χ4v) is 4.13. The third-order valence-electron chi connectivity index (χ3n) is 5.34. The zero-order valence-electron chi connectivity index (χ0n) is 14.2. The maximum absolute atomic E-state index is 12.9. The molecule has 5 heteroatoms. The summed E-state index contributed by atoms with van der Waals surface area (Å²) in [6.45, 7) is 0. The first-order valence-corrected chi connectivity index (χ1v) is 9.16. The summed E-state index contributed by atoms with van der Waals surface area (Å²) in [6.07, 6.45) is 4.45. The van der Waals surface area contributed by atoms with Crippen molar-refractivity contribution in [2.75, 3.05) is 0 Å². The zero-order chi connectivity index (χ0) is 18.5. The van der Waals surface area contributed by atoms with Gasteiger partial charge >= 0.3 is 0 Å². The van der Waals surface area contributed by atoms with Crippen LogP contribution in [-0.2, 0) is 4.79 Å². The van der Waals surface area contributed by atoms with Gasteiger partial charge in [-0.3, -0.25) is 4.79 Å². The third kappa shape index (κ3) is 2.60. The van der Waals surface area contributed by atoms with E-state index in [9.17, 15) is 9.59 Å². The van der Waals surface area contributed by atoms with Crippen LogP contribution in [0.3, 0.4) is 0 Å². The summed E-state index contributed by atoms with van der Waals surface area (Å²) < 4.78 is 12.0. The van der Waals surface area contributed by atoms with Gasteiger partial charge in [-0.2, -0.15) is 0 Å². The lowest BCUT2D eigenvalue weighted by Crippen LogP contribution is -2.26. The van der Waals surface area contributed by atoms with Crippen LogP contribution in [0.5, 0.6) is 5.75 Å². The van der Waals surface area contributed by atoms with E-state index in [4.69, 9.17) is 20.8 Å². The molecule has 0 amide bonds. The average molecular weight is 379 g/mol. The molecule has 4 nitrogen and oxygen atoms in total. The van der Waals surface area contributed by atoms with Gasteiger partial charge in [-0.25, -0.2) is 0 Å². The Bertz CT molecular complexity index is 1130. The number of ether oxygens (including phenoxy) is 1. The second-order valence-electron chi connectivity index (χ2n) is 6.93. The Morgan fingerprint density at radius 1 is 1.07 bits per heavy atom. The molecule has 1 aliphatic carbocycles. The van der Waals surface area contributed by atoms with Gasteiger partial charge < -0.3 is 13.9 Å². The van der Waals surface area contributed by atoms with Crippen LogP contribution in [0.25, 0.3) is 17.0 Å². The van der Waals surface area contributed by atoms with Crippen LogP contribution in [0.1, 0.15) is 17.2 Å². The highest BCUT2D eigenvalue weighted by atomic mass is 35.5. The summed E-state index contributed by atoms with van der Waals surface area (Å²) in [7, 11) is 0. The van der Waals surface area contributed by atoms with Crippen LogP contribution in [0, 0.1) is 11.8 Å². The van der Waals surface area contributed by atoms with Crippen LogP contribution in [0.2, 0.25) is 5.02 Å². The van der Waals surface area contributed by atoms with Crippen molar-refractivity contribution in [3.8, 4) is 5.75 Å². The molecule has 0 radical (unpaired) electrons. The second kappa shape index (κ2) is 6.10. The van der Waals surface area contributed by atoms with Crippen molar-refractivity contribution in [3.63, 3.8) is 0 Å². The fourth-order valence-electron chi connectivity index (χ4n) is 3.96. The molecule has 1 saturated carbocycles. The minimum atomic E-state index is -0.350. The summed E-state index contributed by atoms with van der Waals surface area (Å²) in [6, 6.07) is 14.8. The summed E-state index contributed by atoms with van der Waals surface area (Å²) in [5.41, 5.74) is 1.24. The Labute approximate surface area is 160 Å². The lowest BCUT2D eigenvalue weighted by Gasteiger charge is -2.22. The van der Waals surface area contributed by atoms with Gasteiger partial charge in [0, 0.05) is 22.8 Å². The Morgan fingerprint density at radius 2 is 1.89 bits per heavy atom. The summed E-state index contributed by atoms with van der Waals surface area (Å²) >= 11 is 6.02. The average Bonchev–Trinajstić information content (AvgIpc) is 3.43. The molecule has 2 aromatic carbocycles. The molecular formula is C22H15ClO4. The van der Waals surface area contributed by atoms with Crippen molar-refractivity contribution in [2.45, 2.75) is 12.0 Å². The number of benzene rings is 2. The van der Waals surface area contributed by atoms with Gasteiger partial charge in [0.25, 0.3) is 0 Å². The maximum Gasteiger partial charge on any atom is 0.234 e. The van der Waals surface area contributed by atoms with Gasteiger partial charge in [0.2, 0.25) is 11.2 Å². The Hall–Kier alpha value is -2.85. The zero-order valence-corrected chi connectivity index (χ0v) is 14.9. The van der Waals surface area contributed by atoms with E-state index in [0.717, 1.165) is 11.8 Å². The first-order valence-electron chi connectivity index (χ1n) is 8.79. The predicted molar refractivity (Wildman–Crippen MR) is 103 cm³/mol. The number of hydrogen-bond acceptors (Lipinski definition) is 4. The number of aldehydes is 1. The van der Waals surface area contributed by atoms with Crippen molar-refractivity contribution in [1.29, 1.82) is 0 Å². The smallest absolute Gasteiger partial charge is 0.234 e. The molecule has 134 valence electrons. The monoisotopic (exact) mass is 378 g/mol. The molecule has 0 spiro atoms. The van der Waals surface area contributed by atoms with E-state index in [2.05, 4.69) is 0 Å². The summed E-state index contributed by atoms with van der Waals surface area (Å²) in [5.74, 6) is 0.330. The van der Waals surface area contributed by atoms with Crippen molar-refractivity contribution in [3.05, 3.63) is 81.2 Å². The fraction of sp³-hybridized carbons (Fsp3) is 0.182. The lowest BCUT2D eigenvalue weighted by molar-refractivity contribution is -0.109. The molecule has 1 aliphatic heterocycles. The van der Waals surface area contributed by atoms with Crippen molar-refractivity contribution < 1.29 is 13.9 Å². The van der Waals surface area contributed by atoms with E-state index in [0.29, 0.717) is 21.8 Å². The Kier molecular flexibility index (Phi) is 3.69. The molecule has 5 rings (SSSR count). The van der Waals surface area contributed by atoms with E-state index < -0.39 is 0 Å². The summed E-state index contributed by atoms with van der Waals surface area (Å²) in [5, 5.41) is 0.843. The molecule has 0 N–H and O–H groups in total. The lowest BCUT2D eigenvalue weighted by atomic mass is 10.1. The van der Waals surface area contributed by atoms with Gasteiger partial charge in [0.05, 0.1) is 5.39 Å². The molecular weight excluding hydrogens is 364 g/mol. The highest BCUT2D eigenvalue weighted by Gasteiger charge is 2.61. The highest BCUT2D eigenvalue weighted by Crippen LogP contribution is 2.60. The van der Waals surface area contributed by atoms with Crippen LogP contribution >= 0.6 is 11.6 Å². The second-order valence-corrected chi connectivity index (χ2v) is 7.37. The first kappa shape index (κ1) is 16.3. The van der Waals surface area contributed by atoms with Crippen LogP contribution in [0.15, 0.2) is 63.8 Å². The van der Waals surface area contributed by atoms with E-state index in [-0.39, 0.29) is 35.0 Å². The SMILES string of the molecule is O=CC1C2c3oc4ccc(Cl)cc4c(=O)c3OC(/C=C/c3ccccc3)C12. The van der Waals surface area contributed by atoms with Gasteiger partial charge in [0.15, 0.2) is 5.76 Å². The molecule has 2 aliphatic rings. The number of fused-ring (bicyclic) bond motifs is 4. The molecule has 1 fully saturated rings. The normalized spacial score (nSPS) is 25.7. The van der Waals surface area contributed by atoms with Crippen molar-refractivity contribution in [2.24, 2.45) is 11.8 Å². The van der Waals surface area contributed by atoms with Crippen LogP contribution in [-0.4, -0.2) is 12.4 Å². The van der Waals surface area contributed by atoms with E-state index >= 15 is 0 Å². The molecule has 4 atom stereocenters. The maximum atomic E-state index is 12.9. The molecule has 0 bridgehead atoms. The topological polar surface area (TPSA) is 56.5 Å². The number of halogens is 1. The van der Waals surface area contributed by atoms with Crippen LogP contribution < -0.4 is 10.2 Å². The predicted octanol–water partition coefficient (Wildman–Crippen LogP) is 4.45. The Balaban J connectivity index is 1.59. The van der Waals surface area contributed by atoms with Crippen molar-refractivity contribution >= 4 is 34.9 Å². The quantitative estimate of drug-likeness (QED) is 0.632. The van der Waals surface area contributed by atoms with Gasteiger partial charge in [0.1, 0.15) is 18.0 Å². The number of hydrogen-bond donors (Lipinski definition) is 0. The van der Waals surface area contributed by atoms with Gasteiger partial charge in [-0.1, -0.05) is 48.0 Å². The molecule has 2 heterocycles. The van der Waals surface area contributed by atoms with Gasteiger partial charge in [-0.05, 0) is 29.8 Å².